The average molecular weight is 523 g/mol. The van der Waals surface area contributed by atoms with Crippen molar-refractivity contribution in [1.29, 1.82) is 0 Å². The van der Waals surface area contributed by atoms with Crippen LogP contribution in [0.5, 0.6) is 5.75 Å². The first kappa shape index (κ1) is 25.3. The molecule has 0 amide bonds. The number of aliphatic hydroxyl groups is 1. The maximum Gasteiger partial charge on any atom is 0.191 e. The highest BCUT2D eigenvalue weighted by Gasteiger charge is 2.31. The van der Waals surface area contributed by atoms with Gasteiger partial charge in [-0.05, 0) is 37.7 Å². The zero-order valence-electron chi connectivity index (χ0n) is 17.1. The lowest BCUT2D eigenvalue weighted by molar-refractivity contribution is 0.0724. The molecule has 3 N–H and O–H groups in total. The zero-order chi connectivity index (χ0) is 19.5. The Balaban J connectivity index is 0.00000392. The normalized spacial score (nSPS) is 19.2. The Morgan fingerprint density at radius 1 is 1.32 bits per heavy atom. The van der Waals surface area contributed by atoms with Gasteiger partial charge in [0.2, 0.25) is 0 Å². The molecule has 1 aromatic rings. The molecule has 0 saturated carbocycles. The van der Waals surface area contributed by atoms with Gasteiger partial charge in [0.15, 0.2) is 5.96 Å². The van der Waals surface area contributed by atoms with Crippen molar-refractivity contribution in [3.05, 3.63) is 29.3 Å². The minimum absolute atomic E-state index is 0. The van der Waals surface area contributed by atoms with Gasteiger partial charge in [-0.2, -0.15) is 11.8 Å². The van der Waals surface area contributed by atoms with Gasteiger partial charge in [0.05, 0.1) is 18.8 Å². The van der Waals surface area contributed by atoms with E-state index >= 15 is 0 Å². The Morgan fingerprint density at radius 2 is 2.14 bits per heavy atom. The fraction of sp³-hybridized carbons (Fsp3) is 0.650. The van der Waals surface area contributed by atoms with Gasteiger partial charge in [0.25, 0.3) is 0 Å². The van der Waals surface area contributed by atoms with E-state index in [1.807, 2.05) is 6.92 Å². The summed E-state index contributed by atoms with van der Waals surface area (Å²) in [5.41, 5.74) is 1.57. The highest BCUT2D eigenvalue weighted by Crippen LogP contribution is 2.27. The number of hydrogen-bond donors (Lipinski definition) is 3. The molecule has 0 radical (unpaired) electrons. The van der Waals surface area contributed by atoms with Crippen LogP contribution in [0, 0.1) is 6.92 Å². The Kier molecular flexibility index (Phi) is 12.2. The van der Waals surface area contributed by atoms with Crippen molar-refractivity contribution in [2.75, 3.05) is 44.9 Å². The zero-order valence-corrected chi connectivity index (χ0v) is 20.3. The highest BCUT2D eigenvalue weighted by atomic mass is 127. The number of benzene rings is 1. The van der Waals surface area contributed by atoms with Crippen LogP contribution in [0.4, 0.5) is 0 Å². The van der Waals surface area contributed by atoms with Crippen LogP contribution >= 0.6 is 35.7 Å². The predicted octanol–water partition coefficient (Wildman–Crippen LogP) is 2.95. The molecule has 160 valence electrons. The molecule has 1 heterocycles. The maximum absolute atomic E-state index is 10.5. The summed E-state index contributed by atoms with van der Waals surface area (Å²) in [6.07, 6.45) is 1.68. The molecule has 1 atom stereocenters. The number of nitrogens with zero attached hydrogens (tertiary/aromatic N) is 1. The van der Waals surface area contributed by atoms with Crippen LogP contribution in [0.25, 0.3) is 0 Å². The Bertz CT molecular complexity index is 610. The third kappa shape index (κ3) is 8.75. The number of rotatable bonds is 10. The molecule has 1 saturated heterocycles. The summed E-state index contributed by atoms with van der Waals surface area (Å²) in [7, 11) is 1.70. The van der Waals surface area contributed by atoms with Gasteiger partial charge < -0.3 is 25.2 Å². The molecule has 1 aliphatic rings. The summed E-state index contributed by atoms with van der Waals surface area (Å²) >= 11 is 1.79. The summed E-state index contributed by atoms with van der Waals surface area (Å²) in [5.74, 6) is 3.38. The maximum atomic E-state index is 10.5. The monoisotopic (exact) mass is 523 g/mol. The molecule has 0 aliphatic carbocycles. The lowest BCUT2D eigenvalue weighted by atomic mass is 10.0. The highest BCUT2D eigenvalue weighted by molar-refractivity contribution is 14.0. The van der Waals surface area contributed by atoms with Gasteiger partial charge >= 0.3 is 0 Å². The van der Waals surface area contributed by atoms with E-state index in [0.29, 0.717) is 32.3 Å². The van der Waals surface area contributed by atoms with Crippen LogP contribution in [0.3, 0.4) is 0 Å². The van der Waals surface area contributed by atoms with E-state index in [-0.39, 0.29) is 24.0 Å². The van der Waals surface area contributed by atoms with Gasteiger partial charge in [0, 0.05) is 44.5 Å². The van der Waals surface area contributed by atoms with E-state index in [1.165, 1.54) is 0 Å². The molecule has 0 aromatic heterocycles. The van der Waals surface area contributed by atoms with Gasteiger partial charge in [-0.1, -0.05) is 12.1 Å². The van der Waals surface area contributed by atoms with Crippen LogP contribution in [-0.2, 0) is 11.3 Å². The fourth-order valence-electron chi connectivity index (χ4n) is 2.80. The molecule has 1 fully saturated rings. The van der Waals surface area contributed by atoms with Crippen molar-refractivity contribution in [3.8, 4) is 5.75 Å². The lowest BCUT2D eigenvalue weighted by Crippen LogP contribution is -2.47. The van der Waals surface area contributed by atoms with Crippen LogP contribution in [0.2, 0.25) is 0 Å². The van der Waals surface area contributed by atoms with Crippen molar-refractivity contribution in [2.24, 2.45) is 4.99 Å². The first-order valence-electron chi connectivity index (χ1n) is 9.60. The number of nitrogens with one attached hydrogen (secondary N) is 2. The summed E-state index contributed by atoms with van der Waals surface area (Å²) < 4.78 is 11.0. The van der Waals surface area contributed by atoms with Crippen molar-refractivity contribution in [3.63, 3.8) is 0 Å². The van der Waals surface area contributed by atoms with E-state index in [2.05, 4.69) is 40.7 Å². The molecular formula is C20H34IN3O3S. The van der Waals surface area contributed by atoms with Crippen LogP contribution in [0.1, 0.15) is 30.9 Å². The van der Waals surface area contributed by atoms with E-state index in [1.54, 1.807) is 18.9 Å². The minimum atomic E-state index is -0.639. The number of ether oxygens (including phenoxy) is 2. The van der Waals surface area contributed by atoms with Gasteiger partial charge in [-0.25, -0.2) is 4.99 Å². The van der Waals surface area contributed by atoms with Gasteiger partial charge in [-0.15, -0.1) is 24.0 Å². The largest absolute Gasteiger partial charge is 0.493 e. The first-order valence-corrected chi connectivity index (χ1v) is 10.8. The average Bonchev–Trinajstić information content (AvgIpc) is 3.09. The molecule has 8 heteroatoms. The first-order chi connectivity index (χ1) is 13.1. The van der Waals surface area contributed by atoms with Crippen LogP contribution in [-0.4, -0.2) is 61.6 Å². The standard InChI is InChI=1S/C20H33N3O3S.HI/c1-4-21-19(23-14-20(24)8-11-27-15-20)22-13-17-7-6-16(2)12-18(17)26-10-5-9-25-3;/h6-7,12,24H,4-5,8-11,13-15H2,1-3H3,(H2,21,22,23);1H. The second kappa shape index (κ2) is 13.5. The van der Waals surface area contributed by atoms with Crippen molar-refractivity contribution < 1.29 is 14.6 Å². The van der Waals surface area contributed by atoms with Crippen molar-refractivity contribution >= 4 is 41.7 Å². The second-order valence-corrected chi connectivity index (χ2v) is 7.99. The van der Waals surface area contributed by atoms with Crippen molar-refractivity contribution in [2.45, 2.75) is 38.8 Å². The number of halogens is 1. The number of aryl methyl sites for hydroxylation is 1. The summed E-state index contributed by atoms with van der Waals surface area (Å²) in [6.45, 7) is 7.20. The van der Waals surface area contributed by atoms with Gasteiger partial charge in [0.1, 0.15) is 5.75 Å². The van der Waals surface area contributed by atoms with Gasteiger partial charge in [-0.3, -0.25) is 0 Å². The lowest BCUT2D eigenvalue weighted by Gasteiger charge is -2.23. The number of guanidine groups is 1. The third-order valence-electron chi connectivity index (χ3n) is 4.39. The van der Waals surface area contributed by atoms with E-state index in [9.17, 15) is 5.11 Å². The number of thioether (sulfide) groups is 1. The predicted molar refractivity (Wildman–Crippen MR) is 128 cm³/mol. The fourth-order valence-corrected chi connectivity index (χ4v) is 4.10. The Hall–Kier alpha value is -0.710. The van der Waals surface area contributed by atoms with Crippen LogP contribution in [0.15, 0.2) is 23.2 Å². The Morgan fingerprint density at radius 3 is 2.82 bits per heavy atom. The second-order valence-electron chi connectivity index (χ2n) is 6.88. The number of hydrogen-bond acceptors (Lipinski definition) is 5. The smallest absolute Gasteiger partial charge is 0.191 e. The summed E-state index contributed by atoms with van der Waals surface area (Å²) in [5, 5.41) is 17.0. The molecule has 1 aliphatic heterocycles. The molecule has 28 heavy (non-hydrogen) atoms. The SMILES string of the molecule is CCNC(=NCc1ccc(C)cc1OCCCOC)NCC1(O)CCSC1.I. The summed E-state index contributed by atoms with van der Waals surface area (Å²) in [4.78, 5) is 4.68. The topological polar surface area (TPSA) is 75.1 Å². The van der Waals surface area contributed by atoms with Crippen LogP contribution < -0.4 is 15.4 Å². The van der Waals surface area contributed by atoms with E-state index < -0.39 is 5.60 Å². The van der Waals surface area contributed by atoms with Crippen molar-refractivity contribution in [1.82, 2.24) is 10.6 Å². The molecule has 1 aromatic carbocycles. The van der Waals surface area contributed by atoms with E-state index in [4.69, 9.17) is 9.47 Å². The Labute approximate surface area is 190 Å². The summed E-state index contributed by atoms with van der Waals surface area (Å²) in [6, 6.07) is 6.19. The number of methoxy groups -OCH3 is 1. The molecule has 0 bridgehead atoms. The quantitative estimate of drug-likeness (QED) is 0.190. The molecular weight excluding hydrogens is 489 g/mol. The molecule has 0 spiro atoms. The molecule has 2 rings (SSSR count). The minimum Gasteiger partial charge on any atom is -0.493 e. The molecule has 6 nitrogen and oxygen atoms in total. The third-order valence-corrected chi connectivity index (χ3v) is 5.63. The molecule has 1 unspecified atom stereocenters. The number of aliphatic imine (C=N–C) groups is 1. The van der Waals surface area contributed by atoms with E-state index in [0.717, 1.165) is 47.8 Å².